The minimum atomic E-state index is -1.50. The van der Waals surface area contributed by atoms with E-state index in [2.05, 4.69) is 10.6 Å². The molecule has 1 atom stereocenters. The number of amides is 1. The lowest BCUT2D eigenvalue weighted by Crippen LogP contribution is -2.63. The van der Waals surface area contributed by atoms with Gasteiger partial charge < -0.3 is 9.84 Å². The second-order valence-electron chi connectivity index (χ2n) is 4.40. The van der Waals surface area contributed by atoms with Gasteiger partial charge in [-0.15, -0.1) is 12.4 Å². The molecule has 1 aromatic rings. The number of alkyl carbamates (subject to hydrolysis) is 1. The van der Waals surface area contributed by atoms with Gasteiger partial charge >= 0.3 is 12.1 Å². The Bertz CT molecular complexity index is 456. The number of carbonyl (C=O) groups excluding carboxylic acids is 1. The Morgan fingerprint density at radius 1 is 1.29 bits per heavy atom. The van der Waals surface area contributed by atoms with Gasteiger partial charge in [0.05, 0.1) is 0 Å². The van der Waals surface area contributed by atoms with Crippen LogP contribution >= 0.6 is 12.4 Å². The minimum absolute atomic E-state index is 0. The highest BCUT2D eigenvalue weighted by atomic mass is 35.5. The van der Waals surface area contributed by atoms with Crippen molar-refractivity contribution < 1.29 is 19.4 Å². The molecular formula is C14H21ClN2O4. The van der Waals surface area contributed by atoms with Crippen molar-refractivity contribution in [2.75, 3.05) is 7.05 Å². The number of likely N-dealkylation sites (N-methyl/N-ethyl adjacent to an activating group) is 1. The Balaban J connectivity index is 0.00000400. The van der Waals surface area contributed by atoms with Crippen LogP contribution in [0.4, 0.5) is 4.79 Å². The van der Waals surface area contributed by atoms with Gasteiger partial charge in [0.25, 0.3) is 0 Å². The fraction of sp³-hybridized carbons (Fsp3) is 0.429. The maximum atomic E-state index is 11.7. The first-order valence-corrected chi connectivity index (χ1v) is 6.45. The predicted molar refractivity (Wildman–Crippen MR) is 81.3 cm³/mol. The molecule has 0 aliphatic carbocycles. The number of hydrogen-bond donors (Lipinski definition) is 3. The van der Waals surface area contributed by atoms with Gasteiger partial charge in [-0.1, -0.05) is 43.7 Å². The highest BCUT2D eigenvalue weighted by Gasteiger charge is 2.38. The maximum Gasteiger partial charge on any atom is 0.409 e. The smallest absolute Gasteiger partial charge is 0.409 e. The number of rotatable bonds is 7. The third-order valence-corrected chi connectivity index (χ3v) is 2.95. The Labute approximate surface area is 130 Å². The summed E-state index contributed by atoms with van der Waals surface area (Å²) in [4.78, 5) is 23.1. The fourth-order valence-corrected chi connectivity index (χ4v) is 1.83. The van der Waals surface area contributed by atoms with E-state index in [1.165, 1.54) is 7.05 Å². The standard InChI is InChI=1S/C14H20N2O4.ClH/c1-3-9-14(15-2,12(17)18)16-13(19)20-10-11-7-5-4-6-8-11;/h4-8,15H,3,9-10H2,1-2H3,(H,16,19)(H,17,18);1H. The third kappa shape index (κ3) is 5.61. The monoisotopic (exact) mass is 316 g/mol. The number of carboxylic acids is 1. The molecule has 6 nitrogen and oxygen atoms in total. The highest BCUT2D eigenvalue weighted by Crippen LogP contribution is 2.10. The Kier molecular flexibility index (Phi) is 8.42. The largest absolute Gasteiger partial charge is 0.478 e. The molecular weight excluding hydrogens is 296 g/mol. The molecule has 1 rings (SSSR count). The van der Waals surface area contributed by atoms with Crippen LogP contribution in [-0.2, 0) is 16.1 Å². The second kappa shape index (κ2) is 9.20. The quantitative estimate of drug-likeness (QED) is 0.671. The summed E-state index contributed by atoms with van der Waals surface area (Å²) >= 11 is 0. The molecule has 118 valence electrons. The number of carboxylic acid groups (broad SMARTS) is 1. The zero-order chi connectivity index (χ0) is 15.0. The van der Waals surface area contributed by atoms with Gasteiger partial charge in [0.15, 0.2) is 5.66 Å². The van der Waals surface area contributed by atoms with Crippen molar-refractivity contribution in [1.29, 1.82) is 0 Å². The van der Waals surface area contributed by atoms with Crippen LogP contribution in [0.2, 0.25) is 0 Å². The average molecular weight is 317 g/mol. The molecule has 0 spiro atoms. The maximum absolute atomic E-state index is 11.7. The minimum Gasteiger partial charge on any atom is -0.478 e. The first-order valence-electron chi connectivity index (χ1n) is 6.45. The van der Waals surface area contributed by atoms with E-state index < -0.39 is 17.7 Å². The summed E-state index contributed by atoms with van der Waals surface area (Å²) < 4.78 is 5.03. The van der Waals surface area contributed by atoms with Crippen LogP contribution in [-0.4, -0.2) is 29.9 Å². The van der Waals surface area contributed by atoms with Gasteiger partial charge in [0, 0.05) is 0 Å². The number of benzene rings is 1. The van der Waals surface area contributed by atoms with E-state index in [1.807, 2.05) is 37.3 Å². The normalized spacial score (nSPS) is 12.7. The lowest BCUT2D eigenvalue weighted by atomic mass is 10.1. The summed E-state index contributed by atoms with van der Waals surface area (Å²) in [5, 5.41) is 14.3. The van der Waals surface area contributed by atoms with E-state index in [4.69, 9.17) is 4.74 Å². The average Bonchev–Trinajstić information content (AvgIpc) is 2.45. The first kappa shape index (κ1) is 19.2. The first-order chi connectivity index (χ1) is 9.54. The van der Waals surface area contributed by atoms with Crippen LogP contribution in [0.1, 0.15) is 25.3 Å². The zero-order valence-corrected chi connectivity index (χ0v) is 12.9. The van der Waals surface area contributed by atoms with Crippen LogP contribution < -0.4 is 10.6 Å². The van der Waals surface area contributed by atoms with E-state index in [-0.39, 0.29) is 25.4 Å². The Hall–Kier alpha value is -1.79. The van der Waals surface area contributed by atoms with E-state index in [0.717, 1.165) is 5.56 Å². The van der Waals surface area contributed by atoms with Crippen LogP contribution in [0.15, 0.2) is 30.3 Å². The third-order valence-electron chi connectivity index (χ3n) is 2.95. The molecule has 0 saturated heterocycles. The molecule has 0 aliphatic rings. The molecule has 0 heterocycles. The number of carbonyl (C=O) groups is 2. The summed E-state index contributed by atoms with van der Waals surface area (Å²) in [7, 11) is 1.49. The number of hydrogen-bond acceptors (Lipinski definition) is 4. The van der Waals surface area contributed by atoms with Crippen molar-refractivity contribution >= 4 is 24.5 Å². The van der Waals surface area contributed by atoms with Crippen molar-refractivity contribution in [2.24, 2.45) is 0 Å². The molecule has 0 aromatic heterocycles. The fourth-order valence-electron chi connectivity index (χ4n) is 1.83. The van der Waals surface area contributed by atoms with E-state index >= 15 is 0 Å². The molecule has 1 unspecified atom stereocenters. The molecule has 21 heavy (non-hydrogen) atoms. The van der Waals surface area contributed by atoms with Crippen LogP contribution in [0.25, 0.3) is 0 Å². The van der Waals surface area contributed by atoms with E-state index in [9.17, 15) is 14.7 Å². The second-order valence-corrected chi connectivity index (χ2v) is 4.40. The Morgan fingerprint density at radius 2 is 1.90 bits per heavy atom. The molecule has 0 aliphatic heterocycles. The summed E-state index contributed by atoms with van der Waals surface area (Å²) in [5.74, 6) is -1.14. The Morgan fingerprint density at radius 3 is 2.38 bits per heavy atom. The van der Waals surface area contributed by atoms with Gasteiger partial charge in [0.2, 0.25) is 0 Å². The van der Waals surface area contributed by atoms with Gasteiger partial charge in [-0.2, -0.15) is 0 Å². The number of nitrogens with one attached hydrogen (secondary N) is 2. The summed E-state index contributed by atoms with van der Waals surface area (Å²) in [6.45, 7) is 1.93. The van der Waals surface area contributed by atoms with E-state index in [0.29, 0.717) is 6.42 Å². The molecule has 7 heteroatoms. The van der Waals surface area contributed by atoms with Crippen molar-refractivity contribution in [1.82, 2.24) is 10.6 Å². The summed E-state index contributed by atoms with van der Waals surface area (Å²) in [5.41, 5.74) is -0.661. The number of halogens is 1. The molecule has 0 bridgehead atoms. The van der Waals surface area contributed by atoms with Gasteiger partial charge in [0.1, 0.15) is 6.61 Å². The van der Waals surface area contributed by atoms with Crippen LogP contribution in [0, 0.1) is 0 Å². The molecule has 1 amide bonds. The lowest BCUT2D eigenvalue weighted by molar-refractivity contribution is -0.146. The van der Waals surface area contributed by atoms with Crippen molar-refractivity contribution in [3.05, 3.63) is 35.9 Å². The molecule has 0 fully saturated rings. The van der Waals surface area contributed by atoms with Crippen molar-refractivity contribution in [3.8, 4) is 0 Å². The summed E-state index contributed by atoms with van der Waals surface area (Å²) in [6.07, 6.45) is 0.102. The van der Waals surface area contributed by atoms with Gasteiger partial charge in [-0.25, -0.2) is 9.59 Å². The van der Waals surface area contributed by atoms with Crippen LogP contribution in [0.3, 0.4) is 0 Å². The van der Waals surface area contributed by atoms with Gasteiger partial charge in [-0.05, 0) is 19.0 Å². The van der Waals surface area contributed by atoms with E-state index in [1.54, 1.807) is 0 Å². The molecule has 0 radical (unpaired) electrons. The highest BCUT2D eigenvalue weighted by molar-refractivity contribution is 5.85. The SMILES string of the molecule is CCCC(NC)(NC(=O)OCc1ccccc1)C(=O)O.Cl. The van der Waals surface area contributed by atoms with Gasteiger partial charge in [-0.3, -0.25) is 10.6 Å². The predicted octanol–water partition coefficient (Wildman–Crippen LogP) is 2.13. The lowest BCUT2D eigenvalue weighted by Gasteiger charge is -2.29. The van der Waals surface area contributed by atoms with Crippen molar-refractivity contribution in [3.63, 3.8) is 0 Å². The number of aliphatic carboxylic acids is 1. The topological polar surface area (TPSA) is 87.7 Å². The van der Waals surface area contributed by atoms with Crippen LogP contribution in [0.5, 0.6) is 0 Å². The van der Waals surface area contributed by atoms with Crippen molar-refractivity contribution in [2.45, 2.75) is 32.0 Å². The molecule has 3 N–H and O–H groups in total. The molecule has 0 saturated carbocycles. The molecule has 1 aromatic carbocycles. The number of ether oxygens (including phenoxy) is 1. The summed E-state index contributed by atoms with van der Waals surface area (Å²) in [6, 6.07) is 9.18. The zero-order valence-electron chi connectivity index (χ0n) is 12.1.